The maximum Gasteiger partial charge on any atom is 0.152 e. The fourth-order valence-corrected chi connectivity index (χ4v) is 4.65. The Morgan fingerprint density at radius 2 is 2.33 bits per heavy atom. The summed E-state index contributed by atoms with van der Waals surface area (Å²) >= 11 is 3.40. The average Bonchev–Trinajstić information content (AvgIpc) is 2.68. The molecule has 0 spiro atoms. The predicted octanol–water partition coefficient (Wildman–Crippen LogP) is 1.26. The molecule has 1 N–H and O–H groups in total. The van der Waals surface area contributed by atoms with Crippen molar-refractivity contribution in [3.05, 3.63) is 16.7 Å². The third kappa shape index (κ3) is 2.21. The Bertz CT molecular complexity index is 576. The third-order valence-electron chi connectivity index (χ3n) is 3.42. The summed E-state index contributed by atoms with van der Waals surface area (Å²) in [7, 11) is -2.85. The summed E-state index contributed by atoms with van der Waals surface area (Å²) in [5, 5.41) is 3.29. The van der Waals surface area contributed by atoms with Crippen LogP contribution in [0, 0.1) is 0 Å². The highest BCUT2D eigenvalue weighted by Crippen LogP contribution is 2.32. The molecule has 0 aliphatic carbocycles. The Hall–Kier alpha value is -0.820. The molecule has 0 bridgehead atoms. The first-order valence-electron chi connectivity index (χ1n) is 5.92. The minimum atomic E-state index is -2.85. The zero-order valence-electron chi connectivity index (χ0n) is 9.76. The van der Waals surface area contributed by atoms with Crippen molar-refractivity contribution in [3.8, 4) is 0 Å². The second kappa shape index (κ2) is 4.38. The molecule has 0 amide bonds. The van der Waals surface area contributed by atoms with Crippen molar-refractivity contribution in [3.63, 3.8) is 0 Å². The van der Waals surface area contributed by atoms with Crippen LogP contribution in [-0.2, 0) is 9.84 Å². The number of hydrogen-bond acceptors (Lipinski definition) is 5. The number of aromatic nitrogens is 1. The predicted molar refractivity (Wildman–Crippen MR) is 74.8 cm³/mol. The average molecular weight is 332 g/mol. The molecule has 1 aromatic heterocycles. The zero-order valence-corrected chi connectivity index (χ0v) is 12.2. The molecule has 3 heterocycles. The lowest BCUT2D eigenvalue weighted by Gasteiger charge is -2.34. The van der Waals surface area contributed by atoms with Gasteiger partial charge in [0, 0.05) is 29.8 Å². The van der Waals surface area contributed by atoms with Crippen LogP contribution in [0.25, 0.3) is 0 Å². The van der Waals surface area contributed by atoms with Gasteiger partial charge in [0.2, 0.25) is 0 Å². The molecule has 1 aromatic rings. The van der Waals surface area contributed by atoms with Crippen molar-refractivity contribution >= 4 is 37.3 Å². The lowest BCUT2D eigenvalue weighted by molar-refractivity contribution is 0.598. The molecule has 18 heavy (non-hydrogen) atoms. The van der Waals surface area contributed by atoms with Crippen LogP contribution >= 0.6 is 15.9 Å². The van der Waals surface area contributed by atoms with E-state index in [-0.39, 0.29) is 11.8 Å². The van der Waals surface area contributed by atoms with E-state index in [1.54, 1.807) is 6.20 Å². The SMILES string of the molecule is O=S1(=O)CCC(N2CCNc3cc(Br)cnc32)C1. The number of anilines is 2. The van der Waals surface area contributed by atoms with Crippen molar-refractivity contribution in [2.24, 2.45) is 0 Å². The molecular formula is C11H14BrN3O2S. The normalized spacial score (nSPS) is 25.6. The van der Waals surface area contributed by atoms with Crippen LogP contribution < -0.4 is 10.2 Å². The molecule has 2 aliphatic rings. The fourth-order valence-electron chi connectivity index (χ4n) is 2.58. The van der Waals surface area contributed by atoms with Crippen LogP contribution in [0.5, 0.6) is 0 Å². The number of fused-ring (bicyclic) bond motifs is 1. The van der Waals surface area contributed by atoms with Crippen molar-refractivity contribution in [2.75, 3.05) is 34.8 Å². The van der Waals surface area contributed by atoms with Gasteiger partial charge in [0.25, 0.3) is 0 Å². The van der Waals surface area contributed by atoms with Crippen LogP contribution in [-0.4, -0.2) is 44.0 Å². The first kappa shape index (κ1) is 12.2. The second-order valence-electron chi connectivity index (χ2n) is 4.70. The van der Waals surface area contributed by atoms with E-state index in [0.29, 0.717) is 12.2 Å². The number of halogens is 1. The summed E-state index contributed by atoms with van der Waals surface area (Å²) in [4.78, 5) is 6.54. The number of sulfone groups is 1. The van der Waals surface area contributed by atoms with E-state index in [4.69, 9.17) is 0 Å². The van der Waals surface area contributed by atoms with Crippen LogP contribution in [0.4, 0.5) is 11.5 Å². The summed E-state index contributed by atoms with van der Waals surface area (Å²) in [6.07, 6.45) is 2.46. The maximum atomic E-state index is 11.6. The number of pyridine rings is 1. The Labute approximate surface area is 115 Å². The Morgan fingerprint density at radius 1 is 1.50 bits per heavy atom. The summed E-state index contributed by atoms with van der Waals surface area (Å²) in [5.74, 6) is 1.42. The molecule has 3 rings (SSSR count). The van der Waals surface area contributed by atoms with Crippen molar-refractivity contribution in [1.82, 2.24) is 4.98 Å². The molecule has 0 saturated carbocycles. The van der Waals surface area contributed by atoms with Gasteiger partial charge in [-0.2, -0.15) is 0 Å². The Balaban J connectivity index is 1.92. The minimum absolute atomic E-state index is 0.0736. The van der Waals surface area contributed by atoms with Crippen molar-refractivity contribution in [2.45, 2.75) is 12.5 Å². The number of rotatable bonds is 1. The molecule has 1 fully saturated rings. The van der Waals surface area contributed by atoms with Crippen LogP contribution in [0.15, 0.2) is 16.7 Å². The highest BCUT2D eigenvalue weighted by Gasteiger charge is 2.34. The molecule has 1 atom stereocenters. The second-order valence-corrected chi connectivity index (χ2v) is 7.85. The minimum Gasteiger partial charge on any atom is -0.380 e. The van der Waals surface area contributed by atoms with E-state index in [1.807, 2.05) is 6.07 Å². The summed E-state index contributed by atoms with van der Waals surface area (Å²) in [6.45, 7) is 1.63. The standard InChI is InChI=1S/C11H14BrN3O2S/c12-8-5-10-11(14-6-8)15(3-2-13-10)9-1-4-18(16,17)7-9/h5-6,9,13H,1-4,7H2. The van der Waals surface area contributed by atoms with E-state index in [1.165, 1.54) is 0 Å². The molecule has 7 heteroatoms. The molecular weight excluding hydrogens is 318 g/mol. The lowest BCUT2D eigenvalue weighted by Crippen LogP contribution is -2.43. The van der Waals surface area contributed by atoms with Crippen molar-refractivity contribution in [1.29, 1.82) is 0 Å². The van der Waals surface area contributed by atoms with Gasteiger partial charge in [-0.25, -0.2) is 13.4 Å². The van der Waals surface area contributed by atoms with E-state index < -0.39 is 9.84 Å². The number of nitrogens with one attached hydrogen (secondary N) is 1. The molecule has 0 aromatic carbocycles. The maximum absolute atomic E-state index is 11.6. The van der Waals surface area contributed by atoms with E-state index in [0.717, 1.165) is 29.1 Å². The summed E-state index contributed by atoms with van der Waals surface area (Å²) in [6, 6.07) is 2.06. The number of nitrogens with zero attached hydrogens (tertiary/aromatic N) is 2. The third-order valence-corrected chi connectivity index (χ3v) is 5.61. The smallest absolute Gasteiger partial charge is 0.152 e. The largest absolute Gasteiger partial charge is 0.380 e. The summed E-state index contributed by atoms with van der Waals surface area (Å²) in [5.41, 5.74) is 0.972. The van der Waals surface area contributed by atoms with Gasteiger partial charge < -0.3 is 10.2 Å². The Morgan fingerprint density at radius 3 is 3.06 bits per heavy atom. The van der Waals surface area contributed by atoms with Crippen LogP contribution in [0.1, 0.15) is 6.42 Å². The Kier molecular flexibility index (Phi) is 2.97. The highest BCUT2D eigenvalue weighted by molar-refractivity contribution is 9.10. The monoisotopic (exact) mass is 331 g/mol. The molecule has 0 radical (unpaired) electrons. The zero-order chi connectivity index (χ0) is 12.8. The van der Waals surface area contributed by atoms with Crippen LogP contribution in [0.2, 0.25) is 0 Å². The van der Waals surface area contributed by atoms with Gasteiger partial charge >= 0.3 is 0 Å². The van der Waals surface area contributed by atoms with Gasteiger partial charge in [-0.05, 0) is 28.4 Å². The summed E-state index contributed by atoms with van der Waals surface area (Å²) < 4.78 is 24.1. The van der Waals surface area contributed by atoms with Gasteiger partial charge in [0.05, 0.1) is 17.2 Å². The van der Waals surface area contributed by atoms with Gasteiger partial charge in [-0.1, -0.05) is 0 Å². The van der Waals surface area contributed by atoms with Gasteiger partial charge in [0.1, 0.15) is 0 Å². The quantitative estimate of drug-likeness (QED) is 0.839. The van der Waals surface area contributed by atoms with E-state index in [2.05, 4.69) is 31.1 Å². The fraction of sp³-hybridized carbons (Fsp3) is 0.545. The molecule has 1 saturated heterocycles. The van der Waals surface area contributed by atoms with Gasteiger partial charge in [0.15, 0.2) is 15.7 Å². The number of hydrogen-bond donors (Lipinski definition) is 1. The van der Waals surface area contributed by atoms with Crippen LogP contribution in [0.3, 0.4) is 0 Å². The van der Waals surface area contributed by atoms with E-state index in [9.17, 15) is 8.42 Å². The highest BCUT2D eigenvalue weighted by atomic mass is 79.9. The van der Waals surface area contributed by atoms with Crippen molar-refractivity contribution < 1.29 is 8.42 Å². The first-order chi connectivity index (χ1) is 8.55. The molecule has 5 nitrogen and oxygen atoms in total. The first-order valence-corrected chi connectivity index (χ1v) is 8.53. The van der Waals surface area contributed by atoms with Gasteiger partial charge in [-0.15, -0.1) is 0 Å². The molecule has 98 valence electrons. The topological polar surface area (TPSA) is 62.3 Å². The lowest BCUT2D eigenvalue weighted by atomic mass is 10.2. The molecule has 2 aliphatic heterocycles. The molecule has 1 unspecified atom stereocenters. The van der Waals surface area contributed by atoms with Gasteiger partial charge in [-0.3, -0.25) is 0 Å². The van der Waals surface area contributed by atoms with E-state index >= 15 is 0 Å².